The Morgan fingerprint density at radius 2 is 1.86 bits per heavy atom. The smallest absolute Gasteiger partial charge is 0.243 e. The monoisotopic (exact) mass is 345 g/mol. The Morgan fingerprint density at radius 3 is 2.36 bits per heavy atom. The fourth-order valence-corrected chi connectivity index (χ4v) is 4.09. The molecule has 0 aliphatic carbocycles. The molecule has 1 aromatic rings. The molecule has 1 amide bonds. The number of amides is 1. The van der Waals surface area contributed by atoms with Crippen LogP contribution in [0.2, 0.25) is 5.02 Å². The van der Waals surface area contributed by atoms with Gasteiger partial charge in [0.05, 0.1) is 10.9 Å². The van der Waals surface area contributed by atoms with Crippen LogP contribution in [0.1, 0.15) is 12.5 Å². The second-order valence-corrected chi connectivity index (χ2v) is 7.77. The van der Waals surface area contributed by atoms with E-state index in [1.807, 2.05) is 11.8 Å². The van der Waals surface area contributed by atoms with Crippen LogP contribution in [0.3, 0.4) is 0 Å². The average Bonchev–Trinajstić information content (AvgIpc) is 2.49. The van der Waals surface area contributed by atoms with Gasteiger partial charge in [-0.2, -0.15) is 4.31 Å². The van der Waals surface area contributed by atoms with Crippen molar-refractivity contribution in [1.82, 2.24) is 9.21 Å². The number of piperazine rings is 1. The van der Waals surface area contributed by atoms with Crippen molar-refractivity contribution in [2.75, 3.05) is 26.2 Å². The molecule has 0 radical (unpaired) electrons. The SMILES string of the molecule is Cc1ccc(S(=O)(=O)N2CCN(C(C)C(N)=O)CC2)cc1Cl. The summed E-state index contributed by atoms with van der Waals surface area (Å²) in [6.07, 6.45) is 0. The number of benzene rings is 1. The highest BCUT2D eigenvalue weighted by atomic mass is 35.5. The van der Waals surface area contributed by atoms with Crippen LogP contribution in [-0.4, -0.2) is 55.8 Å². The summed E-state index contributed by atoms with van der Waals surface area (Å²) < 4.78 is 26.7. The van der Waals surface area contributed by atoms with Gasteiger partial charge in [0.2, 0.25) is 15.9 Å². The van der Waals surface area contributed by atoms with E-state index in [4.69, 9.17) is 17.3 Å². The summed E-state index contributed by atoms with van der Waals surface area (Å²) in [5, 5.41) is 0.432. The van der Waals surface area contributed by atoms with Crippen LogP contribution in [0.5, 0.6) is 0 Å². The van der Waals surface area contributed by atoms with Gasteiger partial charge >= 0.3 is 0 Å². The van der Waals surface area contributed by atoms with E-state index >= 15 is 0 Å². The van der Waals surface area contributed by atoms with E-state index in [1.54, 1.807) is 19.1 Å². The predicted octanol–water partition coefficient (Wildman–Crippen LogP) is 0.829. The van der Waals surface area contributed by atoms with E-state index in [-0.39, 0.29) is 4.90 Å². The van der Waals surface area contributed by atoms with Crippen molar-refractivity contribution >= 4 is 27.5 Å². The lowest BCUT2D eigenvalue weighted by Crippen LogP contribution is -2.54. The Bertz CT molecular complexity index is 670. The molecule has 1 atom stereocenters. The number of primary amides is 1. The second kappa shape index (κ2) is 6.54. The molecule has 122 valence electrons. The number of nitrogens with two attached hydrogens (primary N) is 1. The van der Waals surface area contributed by atoms with Crippen molar-refractivity contribution in [3.8, 4) is 0 Å². The molecule has 22 heavy (non-hydrogen) atoms. The van der Waals surface area contributed by atoms with Crippen LogP contribution in [-0.2, 0) is 14.8 Å². The lowest BCUT2D eigenvalue weighted by molar-refractivity contribution is -0.123. The summed E-state index contributed by atoms with van der Waals surface area (Å²) in [4.78, 5) is 13.3. The fraction of sp³-hybridized carbons (Fsp3) is 0.500. The minimum atomic E-state index is -3.56. The van der Waals surface area contributed by atoms with Crippen LogP contribution in [0, 0.1) is 6.92 Å². The molecule has 1 heterocycles. The first-order valence-electron chi connectivity index (χ1n) is 7.03. The second-order valence-electron chi connectivity index (χ2n) is 5.43. The molecule has 0 spiro atoms. The third-order valence-electron chi connectivity index (χ3n) is 4.01. The van der Waals surface area contributed by atoms with Gasteiger partial charge in [0.15, 0.2) is 0 Å². The number of carbonyl (C=O) groups is 1. The summed E-state index contributed by atoms with van der Waals surface area (Å²) in [5.74, 6) is -0.401. The third-order valence-corrected chi connectivity index (χ3v) is 6.32. The van der Waals surface area contributed by atoms with Gasteiger partial charge in [0.1, 0.15) is 0 Å². The number of hydrogen-bond donors (Lipinski definition) is 1. The molecule has 2 rings (SSSR count). The van der Waals surface area contributed by atoms with Crippen LogP contribution >= 0.6 is 11.6 Å². The van der Waals surface area contributed by atoms with E-state index in [0.29, 0.717) is 31.2 Å². The summed E-state index contributed by atoms with van der Waals surface area (Å²) >= 11 is 6.02. The number of rotatable bonds is 4. The molecule has 1 aliphatic rings. The van der Waals surface area contributed by atoms with Crippen molar-refractivity contribution in [1.29, 1.82) is 0 Å². The van der Waals surface area contributed by atoms with Crippen LogP contribution < -0.4 is 5.73 Å². The molecule has 1 unspecified atom stereocenters. The van der Waals surface area contributed by atoms with E-state index in [1.165, 1.54) is 10.4 Å². The molecule has 1 aliphatic heterocycles. The van der Waals surface area contributed by atoms with Crippen molar-refractivity contribution in [2.45, 2.75) is 24.8 Å². The van der Waals surface area contributed by atoms with Crippen molar-refractivity contribution in [3.63, 3.8) is 0 Å². The largest absolute Gasteiger partial charge is 0.368 e. The molecule has 6 nitrogen and oxygen atoms in total. The summed E-state index contributed by atoms with van der Waals surface area (Å²) in [6.45, 7) is 5.15. The van der Waals surface area contributed by atoms with Gasteiger partial charge < -0.3 is 5.73 Å². The summed E-state index contributed by atoms with van der Waals surface area (Å²) in [7, 11) is -3.56. The topological polar surface area (TPSA) is 83.7 Å². The fourth-order valence-electron chi connectivity index (χ4n) is 2.39. The summed E-state index contributed by atoms with van der Waals surface area (Å²) in [6, 6.07) is 4.35. The molecule has 1 aromatic carbocycles. The third kappa shape index (κ3) is 3.43. The molecule has 0 saturated carbocycles. The Balaban J connectivity index is 2.12. The van der Waals surface area contributed by atoms with E-state index < -0.39 is 22.0 Å². The zero-order valence-corrected chi connectivity index (χ0v) is 14.2. The molecular weight excluding hydrogens is 326 g/mol. The zero-order valence-electron chi connectivity index (χ0n) is 12.6. The van der Waals surface area contributed by atoms with Crippen LogP contribution in [0.4, 0.5) is 0 Å². The lowest BCUT2D eigenvalue weighted by atomic mass is 10.2. The standard InChI is InChI=1S/C14H20ClN3O3S/c1-10-3-4-12(9-13(10)15)22(20,21)18-7-5-17(6-8-18)11(2)14(16)19/h3-4,9,11H,5-8H2,1-2H3,(H2,16,19). The minimum Gasteiger partial charge on any atom is -0.368 e. The van der Waals surface area contributed by atoms with Gasteiger partial charge in [-0.25, -0.2) is 8.42 Å². The number of carbonyl (C=O) groups excluding carboxylic acids is 1. The quantitative estimate of drug-likeness (QED) is 0.876. The molecule has 1 saturated heterocycles. The molecule has 1 fully saturated rings. The maximum atomic E-state index is 12.6. The first-order chi connectivity index (χ1) is 10.2. The van der Waals surface area contributed by atoms with Gasteiger partial charge in [-0.1, -0.05) is 17.7 Å². The van der Waals surface area contributed by atoms with E-state index in [9.17, 15) is 13.2 Å². The zero-order chi connectivity index (χ0) is 16.5. The van der Waals surface area contributed by atoms with Gasteiger partial charge in [-0.15, -0.1) is 0 Å². The van der Waals surface area contributed by atoms with Crippen molar-refractivity contribution in [2.24, 2.45) is 5.73 Å². The number of hydrogen-bond acceptors (Lipinski definition) is 4. The normalized spacial score (nSPS) is 19.0. The van der Waals surface area contributed by atoms with Gasteiger partial charge in [0.25, 0.3) is 0 Å². The van der Waals surface area contributed by atoms with Crippen LogP contribution in [0.25, 0.3) is 0 Å². The number of nitrogens with zero attached hydrogens (tertiary/aromatic N) is 2. The molecule has 0 aromatic heterocycles. The van der Waals surface area contributed by atoms with Crippen LogP contribution in [0.15, 0.2) is 23.1 Å². The number of halogens is 1. The Labute approximate surface area is 135 Å². The van der Waals surface area contributed by atoms with Crippen molar-refractivity contribution < 1.29 is 13.2 Å². The highest BCUT2D eigenvalue weighted by Gasteiger charge is 2.31. The van der Waals surface area contributed by atoms with E-state index in [2.05, 4.69) is 0 Å². The maximum absolute atomic E-state index is 12.6. The van der Waals surface area contributed by atoms with Gasteiger partial charge in [-0.3, -0.25) is 9.69 Å². The Kier molecular flexibility index (Phi) is 5.11. The first kappa shape index (κ1) is 17.2. The molecule has 0 bridgehead atoms. The number of sulfonamides is 1. The highest BCUT2D eigenvalue weighted by Crippen LogP contribution is 2.23. The van der Waals surface area contributed by atoms with Gasteiger partial charge in [-0.05, 0) is 31.5 Å². The Hall–Kier alpha value is -1.15. The summed E-state index contributed by atoms with van der Waals surface area (Å²) in [5.41, 5.74) is 6.12. The minimum absolute atomic E-state index is 0.194. The first-order valence-corrected chi connectivity index (χ1v) is 8.85. The lowest BCUT2D eigenvalue weighted by Gasteiger charge is -2.36. The van der Waals surface area contributed by atoms with E-state index in [0.717, 1.165) is 5.56 Å². The van der Waals surface area contributed by atoms with Gasteiger partial charge in [0, 0.05) is 31.2 Å². The molecule has 2 N–H and O–H groups in total. The van der Waals surface area contributed by atoms with Crippen molar-refractivity contribution in [3.05, 3.63) is 28.8 Å². The molecular formula is C14H20ClN3O3S. The Morgan fingerprint density at radius 1 is 1.27 bits per heavy atom. The maximum Gasteiger partial charge on any atom is 0.243 e. The number of aryl methyl sites for hydroxylation is 1. The molecule has 8 heteroatoms. The highest BCUT2D eigenvalue weighted by molar-refractivity contribution is 7.89. The predicted molar refractivity (Wildman–Crippen MR) is 85.2 cm³/mol. The average molecular weight is 346 g/mol.